The molecule has 4 amide bonds. The van der Waals surface area contributed by atoms with Crippen LogP contribution in [0.4, 0.5) is 16.2 Å². The van der Waals surface area contributed by atoms with Crippen molar-refractivity contribution >= 4 is 69.5 Å². The van der Waals surface area contributed by atoms with Crippen molar-refractivity contribution in [3.8, 4) is 17.2 Å². The second kappa shape index (κ2) is 13.8. The molecular formula is C32H23ClIN3O8. The van der Waals surface area contributed by atoms with Gasteiger partial charge in [0.2, 0.25) is 0 Å². The first-order valence-electron chi connectivity index (χ1n) is 13.3. The predicted molar refractivity (Wildman–Crippen MR) is 174 cm³/mol. The summed E-state index contributed by atoms with van der Waals surface area (Å²) in [5, 5.41) is 13.7. The van der Waals surface area contributed by atoms with Crippen LogP contribution in [0.25, 0.3) is 6.08 Å². The Morgan fingerprint density at radius 3 is 2.16 bits per heavy atom. The number of rotatable bonds is 10. The number of hydrogen-bond acceptors (Lipinski definition) is 8. The van der Waals surface area contributed by atoms with E-state index in [1.54, 1.807) is 60.7 Å². The summed E-state index contributed by atoms with van der Waals surface area (Å²) in [7, 11) is 1.45. The van der Waals surface area contributed by atoms with Gasteiger partial charge in [0, 0.05) is 17.2 Å². The number of carbonyl (C=O) groups is 3. The summed E-state index contributed by atoms with van der Waals surface area (Å²) in [5.41, 5.74) is 2.04. The summed E-state index contributed by atoms with van der Waals surface area (Å²) < 4.78 is 17.8. The summed E-state index contributed by atoms with van der Waals surface area (Å²) in [6, 6.07) is 21.9. The van der Waals surface area contributed by atoms with Crippen molar-refractivity contribution in [1.29, 1.82) is 0 Å². The first-order chi connectivity index (χ1) is 21.6. The van der Waals surface area contributed by atoms with Crippen LogP contribution >= 0.6 is 34.2 Å². The number of benzene rings is 4. The number of imide groups is 2. The summed E-state index contributed by atoms with van der Waals surface area (Å²) in [6.45, 7) is 0.415. The number of urea groups is 1. The zero-order chi connectivity index (χ0) is 32.1. The SMILES string of the molecule is COc1cc(/C=C2\C(=O)NC(=O)N(c3ccc(OCc4ccc(Cl)cc4)cc3)C2=O)cc(I)c1OCc1ccc([N+](=O)[O-])cc1. The number of halogens is 2. The molecule has 1 N–H and O–H groups in total. The molecule has 1 fully saturated rings. The van der Waals surface area contributed by atoms with E-state index in [0.29, 0.717) is 43.6 Å². The van der Waals surface area contributed by atoms with Crippen molar-refractivity contribution in [2.24, 2.45) is 0 Å². The van der Waals surface area contributed by atoms with Crippen LogP contribution in [-0.4, -0.2) is 29.9 Å². The van der Waals surface area contributed by atoms with Gasteiger partial charge in [-0.25, -0.2) is 9.69 Å². The maximum Gasteiger partial charge on any atom is 0.335 e. The summed E-state index contributed by atoms with van der Waals surface area (Å²) >= 11 is 7.96. The third kappa shape index (κ3) is 7.41. The van der Waals surface area contributed by atoms with E-state index in [-0.39, 0.29) is 23.6 Å². The van der Waals surface area contributed by atoms with Gasteiger partial charge in [-0.3, -0.25) is 25.0 Å². The monoisotopic (exact) mass is 739 g/mol. The number of hydrogen-bond donors (Lipinski definition) is 1. The Balaban J connectivity index is 1.32. The first-order valence-corrected chi connectivity index (χ1v) is 14.7. The average molecular weight is 740 g/mol. The number of ether oxygens (including phenoxy) is 3. The number of anilines is 1. The summed E-state index contributed by atoms with van der Waals surface area (Å²) in [4.78, 5) is 50.2. The van der Waals surface area contributed by atoms with Gasteiger partial charge < -0.3 is 14.2 Å². The van der Waals surface area contributed by atoms with Crippen molar-refractivity contribution in [1.82, 2.24) is 5.32 Å². The molecule has 1 saturated heterocycles. The second-order valence-corrected chi connectivity index (χ2v) is 11.2. The highest BCUT2D eigenvalue weighted by molar-refractivity contribution is 14.1. The molecule has 11 nitrogen and oxygen atoms in total. The largest absolute Gasteiger partial charge is 0.493 e. The van der Waals surface area contributed by atoms with E-state index in [1.165, 1.54) is 25.3 Å². The minimum atomic E-state index is -0.876. The highest BCUT2D eigenvalue weighted by Gasteiger charge is 2.37. The molecule has 1 heterocycles. The molecule has 0 spiro atoms. The van der Waals surface area contributed by atoms with E-state index in [1.807, 2.05) is 34.7 Å². The second-order valence-electron chi connectivity index (χ2n) is 9.61. The van der Waals surface area contributed by atoms with Crippen LogP contribution in [0.2, 0.25) is 5.02 Å². The molecular weight excluding hydrogens is 717 g/mol. The Bertz CT molecular complexity index is 1810. The number of nitro benzene ring substituents is 1. The minimum Gasteiger partial charge on any atom is -0.493 e. The molecule has 0 bridgehead atoms. The van der Waals surface area contributed by atoms with Crippen molar-refractivity contribution < 1.29 is 33.5 Å². The van der Waals surface area contributed by atoms with E-state index >= 15 is 0 Å². The first kappa shape index (κ1) is 31.5. The van der Waals surface area contributed by atoms with Crippen LogP contribution in [0, 0.1) is 13.7 Å². The third-order valence-electron chi connectivity index (χ3n) is 6.61. The Kier molecular flexibility index (Phi) is 9.64. The van der Waals surface area contributed by atoms with Gasteiger partial charge in [0.15, 0.2) is 11.5 Å². The molecule has 0 aliphatic carbocycles. The normalized spacial score (nSPS) is 13.9. The predicted octanol–water partition coefficient (Wildman–Crippen LogP) is 6.69. The van der Waals surface area contributed by atoms with E-state index < -0.39 is 22.8 Å². The van der Waals surface area contributed by atoms with E-state index in [2.05, 4.69) is 5.32 Å². The number of methoxy groups -OCH3 is 1. The lowest BCUT2D eigenvalue weighted by Crippen LogP contribution is -2.54. The summed E-state index contributed by atoms with van der Waals surface area (Å²) in [5.74, 6) is -0.375. The molecule has 13 heteroatoms. The lowest BCUT2D eigenvalue weighted by Gasteiger charge is -2.26. The van der Waals surface area contributed by atoms with Crippen LogP contribution in [0.1, 0.15) is 16.7 Å². The quantitative estimate of drug-likeness (QED) is 0.0625. The van der Waals surface area contributed by atoms with Gasteiger partial charge in [0.25, 0.3) is 17.5 Å². The van der Waals surface area contributed by atoms with Crippen LogP contribution in [0.3, 0.4) is 0 Å². The van der Waals surface area contributed by atoms with Gasteiger partial charge in [-0.1, -0.05) is 23.7 Å². The average Bonchev–Trinajstić information content (AvgIpc) is 3.02. The van der Waals surface area contributed by atoms with Crippen molar-refractivity contribution in [3.05, 3.63) is 126 Å². The number of non-ortho nitro benzene ring substituents is 1. The number of carbonyl (C=O) groups excluding carboxylic acids is 3. The standard InChI is InChI=1S/C32H23ClIN3O8/c1-43-28-16-21(15-27(34)29(28)45-18-20-4-8-24(9-5-20)37(41)42)14-26-30(38)35-32(40)36(31(26)39)23-10-12-25(13-11-23)44-17-19-2-6-22(33)7-3-19/h2-16H,17-18H2,1H3,(H,35,38,40)/b26-14+. The molecule has 45 heavy (non-hydrogen) atoms. The van der Waals surface area contributed by atoms with Crippen molar-refractivity contribution in [3.63, 3.8) is 0 Å². The Morgan fingerprint density at radius 1 is 0.911 bits per heavy atom. The van der Waals surface area contributed by atoms with Gasteiger partial charge >= 0.3 is 6.03 Å². The molecule has 4 aromatic carbocycles. The lowest BCUT2D eigenvalue weighted by molar-refractivity contribution is -0.384. The molecule has 0 aromatic heterocycles. The molecule has 228 valence electrons. The van der Waals surface area contributed by atoms with Crippen LogP contribution in [-0.2, 0) is 22.8 Å². The maximum atomic E-state index is 13.4. The fourth-order valence-corrected chi connectivity index (χ4v) is 5.24. The van der Waals surface area contributed by atoms with Gasteiger partial charge in [0.1, 0.15) is 24.5 Å². The molecule has 1 aliphatic rings. The number of nitrogens with zero attached hydrogens (tertiary/aromatic N) is 2. The fourth-order valence-electron chi connectivity index (χ4n) is 4.33. The van der Waals surface area contributed by atoms with E-state index in [0.717, 1.165) is 10.5 Å². The molecule has 0 saturated carbocycles. The molecule has 0 radical (unpaired) electrons. The summed E-state index contributed by atoms with van der Waals surface area (Å²) in [6.07, 6.45) is 1.37. The van der Waals surface area contributed by atoms with Gasteiger partial charge in [-0.15, -0.1) is 0 Å². The zero-order valence-electron chi connectivity index (χ0n) is 23.5. The fraction of sp³-hybridized carbons (Fsp3) is 0.0938. The highest BCUT2D eigenvalue weighted by Crippen LogP contribution is 2.36. The molecule has 1 aliphatic heterocycles. The number of barbiturate groups is 1. The zero-order valence-corrected chi connectivity index (χ0v) is 26.4. The van der Waals surface area contributed by atoms with Gasteiger partial charge in [0.05, 0.1) is 21.3 Å². The van der Waals surface area contributed by atoms with Crippen molar-refractivity contribution in [2.45, 2.75) is 13.2 Å². The topological polar surface area (TPSA) is 137 Å². The highest BCUT2D eigenvalue weighted by atomic mass is 127. The lowest BCUT2D eigenvalue weighted by atomic mass is 10.1. The third-order valence-corrected chi connectivity index (χ3v) is 7.66. The van der Waals surface area contributed by atoms with Crippen molar-refractivity contribution in [2.75, 3.05) is 12.0 Å². The molecule has 0 atom stereocenters. The molecule has 4 aromatic rings. The van der Waals surface area contributed by atoms with Crippen LogP contribution in [0.5, 0.6) is 17.2 Å². The smallest absolute Gasteiger partial charge is 0.335 e. The molecule has 0 unspecified atom stereocenters. The minimum absolute atomic E-state index is 0.0267. The van der Waals surface area contributed by atoms with E-state index in [4.69, 9.17) is 25.8 Å². The van der Waals surface area contributed by atoms with Gasteiger partial charge in [-0.2, -0.15) is 0 Å². The number of amides is 4. The maximum absolute atomic E-state index is 13.4. The van der Waals surface area contributed by atoms with Crippen LogP contribution in [0.15, 0.2) is 90.5 Å². The number of nitrogens with one attached hydrogen (secondary N) is 1. The Labute approximate surface area is 275 Å². The van der Waals surface area contributed by atoms with E-state index in [9.17, 15) is 24.5 Å². The number of nitro groups is 1. The van der Waals surface area contributed by atoms with Crippen LogP contribution < -0.4 is 24.4 Å². The Hall–Kier alpha value is -4.95. The molecule has 5 rings (SSSR count). The van der Waals surface area contributed by atoms with Gasteiger partial charge in [-0.05, 0) is 106 Å². The Morgan fingerprint density at radius 2 is 1.53 bits per heavy atom.